The zero-order valence-corrected chi connectivity index (χ0v) is 8.59. The molecule has 0 unspecified atom stereocenters. The van der Waals surface area contributed by atoms with Gasteiger partial charge in [0, 0.05) is 21.8 Å². The van der Waals surface area contributed by atoms with Crippen molar-refractivity contribution in [1.29, 1.82) is 0 Å². The van der Waals surface area contributed by atoms with Gasteiger partial charge in [0.15, 0.2) is 0 Å². The molecule has 0 saturated heterocycles. The maximum Gasteiger partial charge on any atom is 0.337 e. The van der Waals surface area contributed by atoms with Crippen molar-refractivity contribution in [1.82, 2.24) is 4.45 Å². The Morgan fingerprint density at radius 1 is 1.38 bits per heavy atom. The van der Waals surface area contributed by atoms with Crippen LogP contribution in [0.15, 0.2) is 24.3 Å². The Morgan fingerprint density at radius 2 is 2.00 bits per heavy atom. The Bertz CT molecular complexity index is 287. The molecule has 0 spiro atoms. The van der Waals surface area contributed by atoms with Crippen molar-refractivity contribution in [2.45, 2.75) is 0 Å². The molecule has 0 atom stereocenters. The number of carbonyl (C=O) groups is 1. The maximum atomic E-state index is 11.0. The number of halogens is 1. The van der Waals surface area contributed by atoms with E-state index in [-0.39, 0.29) is 5.97 Å². The molecule has 0 aliphatic carbocycles. The van der Waals surface area contributed by atoms with Gasteiger partial charge in [0.2, 0.25) is 0 Å². The lowest BCUT2D eigenvalue weighted by atomic mass is 10.2. The first kappa shape index (κ1) is 10.0. The Hall–Kier alpha value is -1.07. The van der Waals surface area contributed by atoms with Crippen LogP contribution in [0.5, 0.6) is 0 Å². The van der Waals surface area contributed by atoms with E-state index >= 15 is 0 Å². The number of carbonyl (C=O) groups excluding carboxylic acids is 1. The standard InChI is InChI=1S/C8H9BrN2O2/c1-13-8(12)6-2-4-7(5-3-6)10-11-9/h2-5,10-11H,1H3. The minimum atomic E-state index is -0.335. The molecule has 0 aromatic heterocycles. The first-order chi connectivity index (χ1) is 6.27. The van der Waals surface area contributed by atoms with Crippen LogP contribution in [0.2, 0.25) is 0 Å². The summed E-state index contributed by atoms with van der Waals surface area (Å²) in [5.74, 6) is -0.335. The van der Waals surface area contributed by atoms with E-state index in [2.05, 4.69) is 30.8 Å². The van der Waals surface area contributed by atoms with E-state index in [1.165, 1.54) is 7.11 Å². The lowest BCUT2D eigenvalue weighted by Gasteiger charge is -2.03. The fourth-order valence-electron chi connectivity index (χ4n) is 0.862. The zero-order valence-electron chi connectivity index (χ0n) is 7.00. The topological polar surface area (TPSA) is 50.4 Å². The number of nitrogens with one attached hydrogen (secondary N) is 2. The number of benzene rings is 1. The van der Waals surface area contributed by atoms with Gasteiger partial charge in [0.05, 0.1) is 12.7 Å². The first-order valence-corrected chi connectivity index (χ1v) is 4.37. The van der Waals surface area contributed by atoms with Gasteiger partial charge >= 0.3 is 5.97 Å². The van der Waals surface area contributed by atoms with Crippen molar-refractivity contribution in [2.75, 3.05) is 12.5 Å². The molecule has 13 heavy (non-hydrogen) atoms. The molecule has 4 nitrogen and oxygen atoms in total. The highest BCUT2D eigenvalue weighted by Gasteiger charge is 2.03. The molecule has 0 amide bonds. The quantitative estimate of drug-likeness (QED) is 0.483. The summed E-state index contributed by atoms with van der Waals surface area (Å²) in [4.78, 5) is 11.0. The van der Waals surface area contributed by atoms with E-state index in [0.29, 0.717) is 5.56 Å². The third kappa shape index (κ3) is 2.71. The van der Waals surface area contributed by atoms with Gasteiger partial charge < -0.3 is 10.2 Å². The van der Waals surface area contributed by atoms with Crippen LogP contribution < -0.4 is 9.88 Å². The van der Waals surface area contributed by atoms with Crippen LogP contribution in [0.25, 0.3) is 0 Å². The van der Waals surface area contributed by atoms with E-state index in [4.69, 9.17) is 0 Å². The predicted octanol–water partition coefficient (Wildman–Crippen LogP) is 1.70. The number of hydrogen-bond donors (Lipinski definition) is 2. The molecule has 0 bridgehead atoms. The number of esters is 1. The lowest BCUT2D eigenvalue weighted by molar-refractivity contribution is 0.0601. The molecule has 70 valence electrons. The average molecular weight is 245 g/mol. The molecular weight excluding hydrogens is 236 g/mol. The summed E-state index contributed by atoms with van der Waals surface area (Å²) < 4.78 is 7.14. The molecule has 1 aromatic carbocycles. The molecule has 0 aliphatic heterocycles. The van der Waals surface area contributed by atoms with Crippen LogP contribution >= 0.6 is 16.1 Å². The highest BCUT2D eigenvalue weighted by Crippen LogP contribution is 2.09. The van der Waals surface area contributed by atoms with Crippen LogP contribution in [0.4, 0.5) is 5.69 Å². The molecule has 0 radical (unpaired) electrons. The summed E-state index contributed by atoms with van der Waals surface area (Å²) in [7, 11) is 1.36. The van der Waals surface area contributed by atoms with Gasteiger partial charge in [-0.3, -0.25) is 0 Å². The largest absolute Gasteiger partial charge is 0.465 e. The maximum absolute atomic E-state index is 11.0. The van der Waals surface area contributed by atoms with Gasteiger partial charge in [0.25, 0.3) is 0 Å². The Labute approximate surface area is 84.6 Å². The monoisotopic (exact) mass is 244 g/mol. The van der Waals surface area contributed by atoms with Crippen molar-refractivity contribution in [2.24, 2.45) is 0 Å². The molecule has 1 rings (SSSR count). The van der Waals surface area contributed by atoms with Crippen molar-refractivity contribution in [3.8, 4) is 0 Å². The van der Waals surface area contributed by atoms with E-state index < -0.39 is 0 Å². The second-order valence-corrected chi connectivity index (χ2v) is 2.68. The first-order valence-electron chi connectivity index (χ1n) is 3.58. The molecule has 0 fully saturated rings. The van der Waals surface area contributed by atoms with E-state index in [9.17, 15) is 4.79 Å². The predicted molar refractivity (Wildman–Crippen MR) is 53.5 cm³/mol. The molecule has 2 N–H and O–H groups in total. The van der Waals surface area contributed by atoms with Crippen LogP contribution in [-0.4, -0.2) is 13.1 Å². The average Bonchev–Trinajstić information content (AvgIpc) is 2.18. The Kier molecular flexibility index (Phi) is 3.72. The number of methoxy groups -OCH3 is 1. The SMILES string of the molecule is COC(=O)c1ccc(NNBr)cc1. The summed E-state index contributed by atoms with van der Waals surface area (Å²) in [6.45, 7) is 0. The van der Waals surface area contributed by atoms with Crippen molar-refractivity contribution in [3.05, 3.63) is 29.8 Å². The number of ether oxygens (including phenoxy) is 1. The molecule has 1 aromatic rings. The van der Waals surface area contributed by atoms with Gasteiger partial charge in [0.1, 0.15) is 0 Å². The van der Waals surface area contributed by atoms with E-state index in [1.807, 2.05) is 0 Å². The summed E-state index contributed by atoms with van der Waals surface area (Å²) in [6, 6.07) is 6.89. The fourth-order valence-corrected chi connectivity index (χ4v) is 1.09. The second-order valence-electron chi connectivity index (χ2n) is 2.29. The third-order valence-corrected chi connectivity index (χ3v) is 1.70. The highest BCUT2D eigenvalue weighted by molar-refractivity contribution is 9.08. The second kappa shape index (κ2) is 4.84. The van der Waals surface area contributed by atoms with Crippen molar-refractivity contribution < 1.29 is 9.53 Å². The van der Waals surface area contributed by atoms with Crippen LogP contribution in [0.1, 0.15) is 10.4 Å². The summed E-state index contributed by atoms with van der Waals surface area (Å²) in [5, 5.41) is 0. The van der Waals surface area contributed by atoms with Crippen LogP contribution in [0, 0.1) is 0 Å². The Balaban J connectivity index is 2.75. The van der Waals surface area contributed by atoms with E-state index in [0.717, 1.165) is 5.69 Å². The van der Waals surface area contributed by atoms with Gasteiger partial charge in [-0.2, -0.15) is 4.45 Å². The zero-order chi connectivity index (χ0) is 9.68. The minimum absolute atomic E-state index is 0.335. The number of rotatable bonds is 3. The van der Waals surface area contributed by atoms with E-state index in [1.54, 1.807) is 24.3 Å². The van der Waals surface area contributed by atoms with Gasteiger partial charge in [-0.15, -0.1) is 0 Å². The van der Waals surface area contributed by atoms with Crippen molar-refractivity contribution in [3.63, 3.8) is 0 Å². The molecule has 5 heteroatoms. The summed E-state index contributed by atoms with van der Waals surface area (Å²) in [6.07, 6.45) is 0. The Morgan fingerprint density at radius 3 is 2.46 bits per heavy atom. The van der Waals surface area contributed by atoms with Crippen LogP contribution in [-0.2, 0) is 4.74 Å². The number of hydrazine groups is 1. The summed E-state index contributed by atoms with van der Waals surface area (Å²) in [5.41, 5.74) is 4.19. The molecule has 0 saturated carbocycles. The van der Waals surface area contributed by atoms with Gasteiger partial charge in [-0.1, -0.05) is 0 Å². The molecule has 0 heterocycles. The van der Waals surface area contributed by atoms with Crippen molar-refractivity contribution >= 4 is 27.8 Å². The minimum Gasteiger partial charge on any atom is -0.465 e. The normalized spacial score (nSPS) is 9.38. The number of anilines is 1. The van der Waals surface area contributed by atoms with Crippen LogP contribution in [0.3, 0.4) is 0 Å². The lowest BCUT2D eigenvalue weighted by Crippen LogP contribution is -2.08. The van der Waals surface area contributed by atoms with Gasteiger partial charge in [-0.05, 0) is 24.3 Å². The number of hydrogen-bond acceptors (Lipinski definition) is 4. The smallest absolute Gasteiger partial charge is 0.337 e. The molecular formula is C8H9BrN2O2. The molecule has 0 aliphatic rings. The highest BCUT2D eigenvalue weighted by atomic mass is 79.9. The summed E-state index contributed by atoms with van der Waals surface area (Å²) >= 11 is 2.99. The van der Waals surface area contributed by atoms with Gasteiger partial charge in [-0.25, -0.2) is 4.79 Å². The third-order valence-electron chi connectivity index (χ3n) is 1.50. The fraction of sp³-hybridized carbons (Fsp3) is 0.125.